The molecule has 0 atom stereocenters. The van der Waals surface area contributed by atoms with E-state index >= 15 is 0 Å². The molecule has 1 aliphatic rings. The molecule has 3 rings (SSSR count). The fraction of sp³-hybridized carbons (Fsp3) is 0.227. The first-order valence-corrected chi connectivity index (χ1v) is 11.4. The summed E-state index contributed by atoms with van der Waals surface area (Å²) in [6.45, 7) is 0.0935. The topological polar surface area (TPSA) is 102 Å². The predicted octanol–water partition coefficient (Wildman–Crippen LogP) is 4.16. The molecular weight excluding hydrogens is 533 g/mol. The zero-order valence-electron chi connectivity index (χ0n) is 16.4. The number of carboxylic acid groups (broad SMARTS) is 1. The summed E-state index contributed by atoms with van der Waals surface area (Å²) in [5, 5.41) is 11.2. The molecule has 2 aromatic rings. The van der Waals surface area contributed by atoms with E-state index < -0.39 is 18.0 Å². The van der Waals surface area contributed by atoms with Crippen LogP contribution in [0.3, 0.4) is 0 Å². The Morgan fingerprint density at radius 1 is 1.06 bits per heavy atom. The summed E-state index contributed by atoms with van der Waals surface area (Å²) in [6.07, 6.45) is 0.894. The maximum atomic E-state index is 12.3. The van der Waals surface area contributed by atoms with Gasteiger partial charge in [0, 0.05) is 11.7 Å². The lowest BCUT2D eigenvalue weighted by Crippen LogP contribution is -2.29. The summed E-state index contributed by atoms with van der Waals surface area (Å²) in [5.41, 5.74) is 4.73. The van der Waals surface area contributed by atoms with Crippen molar-refractivity contribution in [2.75, 3.05) is 24.7 Å². The number of amides is 1. The molecule has 0 aliphatic heterocycles. The van der Waals surface area contributed by atoms with E-state index in [-0.39, 0.29) is 30.4 Å². The molecule has 162 valence electrons. The smallest absolute Gasteiger partial charge is 0.407 e. The third-order valence-corrected chi connectivity index (χ3v) is 6.03. The molecule has 0 aromatic heterocycles. The number of benzene rings is 2. The lowest BCUT2D eigenvalue weighted by atomic mass is 9.98. The molecule has 0 radical (unpaired) electrons. The highest BCUT2D eigenvalue weighted by Crippen LogP contribution is 2.44. The van der Waals surface area contributed by atoms with Crippen LogP contribution in [-0.2, 0) is 17.4 Å². The predicted molar refractivity (Wildman–Crippen MR) is 126 cm³/mol. The van der Waals surface area contributed by atoms with Crippen molar-refractivity contribution in [3.63, 3.8) is 0 Å². The van der Waals surface area contributed by atoms with Crippen molar-refractivity contribution >= 4 is 52.8 Å². The number of alkyl carbamates (subject to hydrolysis) is 1. The number of fused-ring (bicyclic) bond motifs is 3. The Bertz CT molecular complexity index is 964. The third kappa shape index (κ3) is 6.01. The monoisotopic (exact) mass is 553 g/mol. The first-order chi connectivity index (χ1) is 15.0. The molecule has 0 spiro atoms. The molecule has 9 heteroatoms. The van der Waals surface area contributed by atoms with Gasteiger partial charge in [-0.15, -0.1) is 11.8 Å². The number of hydrogen-bond donors (Lipinski definition) is 2. The SMILES string of the molecule is O=C(O)CSC/C=C(\CNC(=O)OCC1c2ccccc2-c2ccccc21)C(=O)OI. The van der Waals surface area contributed by atoms with Gasteiger partial charge in [-0.25, -0.2) is 9.59 Å². The standard InChI is InChI=1S/C22H20INO6S/c23-30-21(27)14(9-10-31-13-20(25)26)11-24-22(28)29-12-19-17-7-3-1-5-15(17)16-6-2-4-8-18(16)19/h1-9,19H,10-13H2,(H,24,28)(H,25,26)/b14-9+. The molecule has 1 aliphatic carbocycles. The van der Waals surface area contributed by atoms with Gasteiger partial charge in [-0.05, 0) is 22.3 Å². The molecule has 31 heavy (non-hydrogen) atoms. The average Bonchev–Trinajstić information content (AvgIpc) is 3.10. The van der Waals surface area contributed by atoms with Crippen LogP contribution in [0.15, 0.2) is 60.2 Å². The van der Waals surface area contributed by atoms with E-state index in [0.717, 1.165) is 34.0 Å². The van der Waals surface area contributed by atoms with E-state index in [1.807, 2.05) is 36.4 Å². The average molecular weight is 553 g/mol. The van der Waals surface area contributed by atoms with Crippen molar-refractivity contribution in [1.82, 2.24) is 5.32 Å². The summed E-state index contributed by atoms with van der Waals surface area (Å²) in [7, 11) is 0. The van der Waals surface area contributed by atoms with Gasteiger partial charge in [0.1, 0.15) is 6.61 Å². The van der Waals surface area contributed by atoms with Crippen molar-refractivity contribution in [3.05, 3.63) is 71.3 Å². The van der Waals surface area contributed by atoms with Gasteiger partial charge < -0.3 is 18.2 Å². The third-order valence-electron chi connectivity index (χ3n) is 4.77. The van der Waals surface area contributed by atoms with Gasteiger partial charge in [0.15, 0.2) is 23.0 Å². The Labute approximate surface area is 197 Å². The Morgan fingerprint density at radius 3 is 2.26 bits per heavy atom. The van der Waals surface area contributed by atoms with Gasteiger partial charge in [0.25, 0.3) is 0 Å². The van der Waals surface area contributed by atoms with Crippen LogP contribution in [0.4, 0.5) is 4.79 Å². The number of ether oxygens (including phenoxy) is 1. The first-order valence-electron chi connectivity index (χ1n) is 9.41. The number of rotatable bonds is 9. The number of nitrogens with one attached hydrogen (secondary N) is 1. The van der Waals surface area contributed by atoms with Crippen LogP contribution in [0, 0.1) is 0 Å². The van der Waals surface area contributed by atoms with Gasteiger partial charge in [-0.2, -0.15) is 0 Å². The van der Waals surface area contributed by atoms with Crippen LogP contribution in [-0.4, -0.2) is 47.8 Å². The van der Waals surface area contributed by atoms with Crippen LogP contribution < -0.4 is 5.32 Å². The lowest BCUT2D eigenvalue weighted by molar-refractivity contribution is -0.134. The molecule has 0 unspecified atom stereocenters. The number of carbonyl (C=O) groups excluding carboxylic acids is 2. The van der Waals surface area contributed by atoms with Gasteiger partial charge >= 0.3 is 18.0 Å². The van der Waals surface area contributed by atoms with Gasteiger partial charge in [0.05, 0.1) is 17.9 Å². The highest BCUT2D eigenvalue weighted by Gasteiger charge is 2.29. The van der Waals surface area contributed by atoms with E-state index in [0.29, 0.717) is 5.75 Å². The van der Waals surface area contributed by atoms with Crippen LogP contribution >= 0.6 is 34.8 Å². The van der Waals surface area contributed by atoms with E-state index in [4.69, 9.17) is 9.84 Å². The van der Waals surface area contributed by atoms with Crippen molar-refractivity contribution in [3.8, 4) is 11.1 Å². The van der Waals surface area contributed by atoms with E-state index in [2.05, 4.69) is 20.5 Å². The lowest BCUT2D eigenvalue weighted by Gasteiger charge is -2.15. The molecule has 1 amide bonds. The second-order valence-corrected chi connectivity index (χ2v) is 8.15. The molecule has 0 saturated heterocycles. The highest BCUT2D eigenvalue weighted by atomic mass is 127. The van der Waals surface area contributed by atoms with Gasteiger partial charge in [0.2, 0.25) is 0 Å². The van der Waals surface area contributed by atoms with E-state index in [1.165, 1.54) is 23.0 Å². The van der Waals surface area contributed by atoms with Gasteiger partial charge in [-0.3, -0.25) is 4.79 Å². The minimum Gasteiger partial charge on any atom is -0.481 e. The molecule has 2 N–H and O–H groups in total. The van der Waals surface area contributed by atoms with E-state index in [1.54, 1.807) is 6.08 Å². The molecule has 0 saturated carbocycles. The number of thioether (sulfide) groups is 1. The number of hydrogen-bond acceptors (Lipinski definition) is 6. The Morgan fingerprint density at radius 2 is 1.68 bits per heavy atom. The zero-order chi connectivity index (χ0) is 22.2. The molecule has 0 bridgehead atoms. The van der Waals surface area contributed by atoms with Crippen molar-refractivity contribution in [2.24, 2.45) is 0 Å². The number of halogens is 1. The van der Waals surface area contributed by atoms with Crippen LogP contribution in [0.1, 0.15) is 17.0 Å². The zero-order valence-corrected chi connectivity index (χ0v) is 19.4. The summed E-state index contributed by atoms with van der Waals surface area (Å²) >= 11 is 2.60. The second kappa shape index (κ2) is 11.2. The van der Waals surface area contributed by atoms with Crippen molar-refractivity contribution in [1.29, 1.82) is 0 Å². The first kappa shape index (κ1) is 23.1. The molecular formula is C22H20INO6S. The minimum atomic E-state index is -0.937. The van der Waals surface area contributed by atoms with Crippen molar-refractivity contribution < 1.29 is 27.3 Å². The summed E-state index contributed by atoms with van der Waals surface area (Å²) in [6, 6.07) is 16.1. The molecule has 7 nitrogen and oxygen atoms in total. The maximum absolute atomic E-state index is 12.3. The fourth-order valence-electron chi connectivity index (χ4n) is 3.40. The summed E-state index contributed by atoms with van der Waals surface area (Å²) in [5.74, 6) is -1.37. The number of carboxylic acids is 1. The highest BCUT2D eigenvalue weighted by molar-refractivity contribution is 14.1. The second-order valence-electron chi connectivity index (χ2n) is 6.68. The molecule has 0 fully saturated rings. The normalized spacial score (nSPS) is 12.6. The van der Waals surface area contributed by atoms with Crippen LogP contribution in [0.5, 0.6) is 0 Å². The van der Waals surface area contributed by atoms with Crippen LogP contribution in [0.25, 0.3) is 11.1 Å². The maximum Gasteiger partial charge on any atom is 0.407 e. The Balaban J connectivity index is 1.57. The Kier molecular flexibility index (Phi) is 8.35. The Hall–Kier alpha value is -2.53. The number of carbonyl (C=O) groups is 3. The van der Waals surface area contributed by atoms with Gasteiger partial charge in [-0.1, -0.05) is 54.6 Å². The molecule has 0 heterocycles. The summed E-state index contributed by atoms with van der Waals surface area (Å²) < 4.78 is 10.1. The van der Waals surface area contributed by atoms with E-state index in [9.17, 15) is 14.4 Å². The van der Waals surface area contributed by atoms with Crippen molar-refractivity contribution in [2.45, 2.75) is 5.92 Å². The minimum absolute atomic E-state index is 0.0557. The van der Waals surface area contributed by atoms with Crippen LogP contribution in [0.2, 0.25) is 0 Å². The quantitative estimate of drug-likeness (QED) is 0.273. The molecule has 2 aromatic carbocycles. The summed E-state index contributed by atoms with van der Waals surface area (Å²) in [4.78, 5) is 34.7. The number of aliphatic carboxylic acids is 1. The fourth-order valence-corrected chi connectivity index (χ4v) is 4.29. The largest absolute Gasteiger partial charge is 0.481 e.